The molecule has 2 amide bonds. The summed E-state index contributed by atoms with van der Waals surface area (Å²) in [6, 6.07) is 16.5. The highest BCUT2D eigenvalue weighted by Gasteiger charge is 2.69. The molecule has 3 fully saturated rings. The van der Waals surface area contributed by atoms with Gasteiger partial charge in [-0.1, -0.05) is 47.7 Å². The number of aromatic nitrogens is 1. The monoisotopic (exact) mass is 476 g/mol. The Hall–Kier alpha value is -2.84. The number of thioether (sulfide) groups is 1. The van der Waals surface area contributed by atoms with Crippen molar-refractivity contribution in [2.45, 2.75) is 22.6 Å². The van der Waals surface area contributed by atoms with Crippen molar-refractivity contribution in [3.05, 3.63) is 74.7 Å². The average Bonchev–Trinajstić information content (AvgIpc) is 3.54. The predicted molar refractivity (Wildman–Crippen MR) is 126 cm³/mol. The maximum absolute atomic E-state index is 13.6. The molecule has 2 bridgehead atoms. The molecule has 4 aliphatic rings. The number of hydrogen-bond donors (Lipinski definition) is 2. The van der Waals surface area contributed by atoms with Crippen LogP contribution in [-0.2, 0) is 9.59 Å². The van der Waals surface area contributed by atoms with Gasteiger partial charge in [0.1, 0.15) is 5.75 Å². The molecule has 0 spiro atoms. The third-order valence-electron chi connectivity index (χ3n) is 8.01. The predicted octanol–water partition coefficient (Wildman–Crippen LogP) is 3.82. The molecule has 8 heteroatoms. The van der Waals surface area contributed by atoms with Crippen LogP contribution in [-0.4, -0.2) is 27.2 Å². The van der Waals surface area contributed by atoms with Gasteiger partial charge in [-0.25, -0.2) is 0 Å². The third-order valence-corrected chi connectivity index (χ3v) is 10.6. The first-order chi connectivity index (χ1) is 16.0. The highest BCUT2D eigenvalue weighted by atomic mass is 32.2. The molecule has 1 aromatic heterocycles. The van der Waals surface area contributed by atoms with Gasteiger partial charge in [0.25, 0.3) is 0 Å². The average molecular weight is 477 g/mol. The number of fused-ring (bicyclic) bond motifs is 9. The van der Waals surface area contributed by atoms with Crippen LogP contribution < -0.4 is 9.77 Å². The van der Waals surface area contributed by atoms with Crippen LogP contribution in [0.5, 0.6) is 5.75 Å². The topological polar surface area (TPSA) is 90.5 Å². The van der Waals surface area contributed by atoms with Gasteiger partial charge in [0.05, 0.1) is 22.5 Å². The lowest BCUT2D eigenvalue weighted by atomic mass is 9.68. The normalized spacial score (nSPS) is 33.8. The van der Waals surface area contributed by atoms with Gasteiger partial charge in [0, 0.05) is 21.6 Å². The fourth-order valence-corrected chi connectivity index (χ4v) is 9.83. The summed E-state index contributed by atoms with van der Waals surface area (Å²) < 4.78 is 0. The Balaban J connectivity index is 1.36. The third kappa shape index (κ3) is 2.53. The number of rotatable bonds is 2. The Labute approximate surface area is 197 Å². The van der Waals surface area contributed by atoms with Crippen LogP contribution in [0.15, 0.2) is 64.4 Å². The highest BCUT2D eigenvalue weighted by molar-refractivity contribution is 8.00. The minimum absolute atomic E-state index is 0.0395. The lowest BCUT2D eigenvalue weighted by molar-refractivity contribution is -0.123. The zero-order chi connectivity index (χ0) is 22.4. The quantitative estimate of drug-likeness (QED) is 0.549. The van der Waals surface area contributed by atoms with Crippen molar-refractivity contribution in [2.24, 2.45) is 29.6 Å². The summed E-state index contributed by atoms with van der Waals surface area (Å²) in [4.78, 5) is 44.6. The molecule has 2 saturated carbocycles. The van der Waals surface area contributed by atoms with Crippen molar-refractivity contribution in [1.29, 1.82) is 0 Å². The number of benzene rings is 2. The number of aromatic hydroxyl groups is 1. The van der Waals surface area contributed by atoms with E-state index in [9.17, 15) is 19.5 Å². The van der Waals surface area contributed by atoms with Crippen LogP contribution in [0.1, 0.15) is 22.8 Å². The minimum atomic E-state index is -0.338. The number of anilines is 1. The molecule has 2 aliphatic carbocycles. The van der Waals surface area contributed by atoms with E-state index in [1.165, 1.54) is 16.2 Å². The number of imide groups is 1. The maximum Gasteiger partial charge on any atom is 0.305 e. The number of H-pyrrole nitrogens is 1. The van der Waals surface area contributed by atoms with Gasteiger partial charge in [0.15, 0.2) is 0 Å². The molecule has 6 nitrogen and oxygen atoms in total. The lowest BCUT2D eigenvalue weighted by Gasteiger charge is -2.43. The van der Waals surface area contributed by atoms with Crippen LogP contribution in [0.2, 0.25) is 0 Å². The molecule has 3 aromatic rings. The van der Waals surface area contributed by atoms with E-state index >= 15 is 0 Å². The van der Waals surface area contributed by atoms with Crippen molar-refractivity contribution in [3.8, 4) is 5.75 Å². The second-order valence-electron chi connectivity index (χ2n) is 9.37. The molecule has 1 saturated heterocycles. The molecule has 2 aromatic carbocycles. The number of nitrogens with one attached hydrogen (secondary N) is 1. The van der Waals surface area contributed by atoms with Crippen molar-refractivity contribution in [3.63, 3.8) is 0 Å². The van der Waals surface area contributed by atoms with Gasteiger partial charge in [-0.2, -0.15) is 0 Å². The Morgan fingerprint density at radius 3 is 2.36 bits per heavy atom. The molecule has 2 aliphatic heterocycles. The fourth-order valence-electron chi connectivity index (χ4n) is 6.95. The summed E-state index contributed by atoms with van der Waals surface area (Å²) >= 11 is 2.85. The molecular weight excluding hydrogens is 456 g/mol. The van der Waals surface area contributed by atoms with Crippen molar-refractivity contribution >= 4 is 40.6 Å². The molecule has 33 heavy (non-hydrogen) atoms. The Morgan fingerprint density at radius 1 is 0.909 bits per heavy atom. The molecule has 0 unspecified atom stereocenters. The number of thiazole rings is 1. The second-order valence-corrected chi connectivity index (χ2v) is 11.6. The number of carbonyl (C=O) groups is 2. The van der Waals surface area contributed by atoms with Gasteiger partial charge in [-0.3, -0.25) is 19.3 Å². The van der Waals surface area contributed by atoms with E-state index in [4.69, 9.17) is 0 Å². The number of amides is 2. The summed E-state index contributed by atoms with van der Waals surface area (Å²) in [5, 5.41) is 11.7. The van der Waals surface area contributed by atoms with Gasteiger partial charge in [-0.15, -0.1) is 11.8 Å². The SMILES string of the molecule is O=C1[C@H]2[C@@H]3C[C@H]([C@@H]2C(=O)N1c1ccccc1)[C@H]1[C@H](c2ccccc2O)c2sc(=O)[nH]c2S[C@H]31. The zero-order valence-corrected chi connectivity index (χ0v) is 19.0. The van der Waals surface area contributed by atoms with Gasteiger partial charge in [-0.05, 0) is 42.4 Å². The molecule has 7 rings (SSSR count). The largest absolute Gasteiger partial charge is 0.508 e. The Kier molecular flexibility index (Phi) is 4.06. The van der Waals surface area contributed by atoms with E-state index in [1.807, 2.05) is 42.5 Å². The van der Waals surface area contributed by atoms with Gasteiger partial charge in [0.2, 0.25) is 11.8 Å². The summed E-state index contributed by atoms with van der Waals surface area (Å²) in [6.07, 6.45) is 0.834. The van der Waals surface area contributed by atoms with E-state index in [-0.39, 0.29) is 63.2 Å². The van der Waals surface area contributed by atoms with Crippen LogP contribution in [0.4, 0.5) is 5.69 Å². The minimum Gasteiger partial charge on any atom is -0.508 e. The number of para-hydroxylation sites is 2. The molecule has 166 valence electrons. The van der Waals surface area contributed by atoms with Crippen LogP contribution in [0, 0.1) is 29.6 Å². The Bertz CT molecular complexity index is 1370. The number of phenols is 1. The van der Waals surface area contributed by atoms with Crippen molar-refractivity contribution < 1.29 is 14.7 Å². The lowest BCUT2D eigenvalue weighted by Crippen LogP contribution is -2.42. The molecular formula is C25H20N2O4S2. The highest BCUT2D eigenvalue weighted by Crippen LogP contribution is 2.69. The van der Waals surface area contributed by atoms with E-state index < -0.39 is 0 Å². The van der Waals surface area contributed by atoms with Crippen molar-refractivity contribution in [1.82, 2.24) is 4.98 Å². The number of hydrogen-bond acceptors (Lipinski definition) is 6. The number of aromatic amines is 1. The first-order valence-corrected chi connectivity index (χ1v) is 12.8. The fraction of sp³-hybridized carbons (Fsp3) is 0.320. The Morgan fingerprint density at radius 2 is 1.61 bits per heavy atom. The second kappa shape index (κ2) is 6.84. The first kappa shape index (κ1) is 19.6. The molecule has 3 heterocycles. The molecule has 0 radical (unpaired) electrons. The van der Waals surface area contributed by atoms with Crippen LogP contribution >= 0.6 is 23.1 Å². The zero-order valence-electron chi connectivity index (χ0n) is 17.4. The summed E-state index contributed by atoms with van der Waals surface area (Å²) in [5.41, 5.74) is 1.43. The standard InChI is InChI=1S/C25H20N2O4S2/c28-15-9-5-4-8-12(15)16-17-13-10-14(20(17)32-22-21(16)33-25(31)26-22)19-18(13)23(29)27(24(19)30)11-6-2-1-3-7-11/h1-9,13-14,16-20,28H,10H2,(H,26,31)/t13-,14-,16-,17-,18-,19-,20+/m0/s1. The number of nitrogens with zero attached hydrogens (tertiary/aromatic N) is 1. The molecule has 2 N–H and O–H groups in total. The first-order valence-electron chi connectivity index (χ1n) is 11.1. The van der Waals surface area contributed by atoms with E-state index in [1.54, 1.807) is 23.9 Å². The van der Waals surface area contributed by atoms with E-state index in [0.29, 0.717) is 5.69 Å². The smallest absolute Gasteiger partial charge is 0.305 e. The van der Waals surface area contributed by atoms with Crippen molar-refractivity contribution in [2.75, 3.05) is 4.90 Å². The summed E-state index contributed by atoms with van der Waals surface area (Å²) in [7, 11) is 0. The van der Waals surface area contributed by atoms with E-state index in [0.717, 1.165) is 21.9 Å². The van der Waals surface area contributed by atoms with Crippen LogP contribution in [0.25, 0.3) is 0 Å². The number of phenolic OH excluding ortho intramolecular Hbond substituents is 1. The van der Waals surface area contributed by atoms with Crippen LogP contribution in [0.3, 0.4) is 0 Å². The molecule has 7 atom stereocenters. The summed E-state index contributed by atoms with van der Waals surface area (Å²) in [5.74, 6) is -0.602. The van der Waals surface area contributed by atoms with Gasteiger partial charge >= 0.3 is 4.87 Å². The number of carbonyl (C=O) groups excluding carboxylic acids is 2. The maximum atomic E-state index is 13.6. The van der Waals surface area contributed by atoms with E-state index in [2.05, 4.69) is 4.98 Å². The summed E-state index contributed by atoms with van der Waals surface area (Å²) in [6.45, 7) is 0. The van der Waals surface area contributed by atoms with Gasteiger partial charge < -0.3 is 10.1 Å².